The van der Waals surface area contributed by atoms with Gasteiger partial charge in [0.2, 0.25) is 0 Å². The monoisotopic (exact) mass is 794 g/mol. The third kappa shape index (κ3) is 10.9. The van der Waals surface area contributed by atoms with Crippen LogP contribution in [0.25, 0.3) is 0 Å². The van der Waals surface area contributed by atoms with Gasteiger partial charge in [-0.15, -0.1) is 0 Å². The second-order valence-electron chi connectivity index (χ2n) is 13.0. The van der Waals surface area contributed by atoms with Gasteiger partial charge >= 0.3 is 36.0 Å². The van der Waals surface area contributed by atoms with E-state index in [-0.39, 0.29) is 60.4 Å². The number of hydrogen-bond donors (Lipinski definition) is 0. The first-order valence-corrected chi connectivity index (χ1v) is 18.2. The van der Waals surface area contributed by atoms with Gasteiger partial charge in [0.05, 0.1) is 48.7 Å². The van der Waals surface area contributed by atoms with E-state index >= 15 is 0 Å². The zero-order valence-electron chi connectivity index (χ0n) is 31.2. The largest absolute Gasteiger partial charge is 0.513 e. The number of hydrogen-bond acceptors (Lipinski definition) is 15. The summed E-state index contributed by atoms with van der Waals surface area (Å²) in [5, 5.41) is 0. The number of ether oxygens (including phenoxy) is 9. The minimum absolute atomic E-state index is 0.0621. The van der Waals surface area contributed by atoms with Crippen molar-refractivity contribution in [3.05, 3.63) is 138 Å². The van der Waals surface area contributed by atoms with Gasteiger partial charge in [0.15, 0.2) is 12.2 Å². The smallest absolute Gasteiger partial charge is 0.463 e. The lowest BCUT2D eigenvalue weighted by Gasteiger charge is -2.17. The molecule has 0 radical (unpaired) electrons. The summed E-state index contributed by atoms with van der Waals surface area (Å²) >= 11 is 0. The Morgan fingerprint density at radius 1 is 0.552 bits per heavy atom. The minimum atomic E-state index is -0.932. The molecule has 0 spiro atoms. The Morgan fingerprint density at radius 3 is 1.36 bits per heavy atom. The van der Waals surface area contributed by atoms with Crippen molar-refractivity contribution < 1.29 is 71.4 Å². The number of rotatable bonds is 15. The molecule has 0 aliphatic carbocycles. The number of esters is 5. The highest BCUT2D eigenvalue weighted by molar-refractivity contribution is 5.93. The summed E-state index contributed by atoms with van der Waals surface area (Å²) in [6.45, 7) is 5.63. The Bertz CT molecular complexity index is 2110. The van der Waals surface area contributed by atoms with Crippen LogP contribution in [-0.4, -0.2) is 86.8 Å². The van der Waals surface area contributed by atoms with Crippen molar-refractivity contribution in [2.45, 2.75) is 44.2 Å². The van der Waals surface area contributed by atoms with Crippen molar-refractivity contribution in [3.63, 3.8) is 0 Å². The van der Waals surface area contributed by atoms with Gasteiger partial charge in [-0.3, -0.25) is 0 Å². The number of fused-ring (bicyclic) bond motifs is 1. The Hall–Kier alpha value is -6.84. The van der Waals surface area contributed by atoms with E-state index in [1.807, 2.05) is 19.1 Å². The fourth-order valence-electron chi connectivity index (χ4n) is 5.76. The van der Waals surface area contributed by atoms with Crippen LogP contribution in [0.5, 0.6) is 17.2 Å². The summed E-state index contributed by atoms with van der Waals surface area (Å²) in [5.74, 6) is -2.58. The molecule has 0 amide bonds. The van der Waals surface area contributed by atoms with Crippen molar-refractivity contribution in [2.24, 2.45) is 0 Å². The first-order valence-electron chi connectivity index (χ1n) is 18.2. The van der Waals surface area contributed by atoms with Crippen LogP contribution >= 0.6 is 0 Å². The van der Waals surface area contributed by atoms with Gasteiger partial charge < -0.3 is 42.6 Å². The van der Waals surface area contributed by atoms with Gasteiger partial charge in [-0.2, -0.15) is 0 Å². The maximum atomic E-state index is 12.9. The van der Waals surface area contributed by atoms with Crippen molar-refractivity contribution in [1.29, 1.82) is 0 Å². The second kappa shape index (κ2) is 19.3. The molecule has 4 atom stereocenters. The van der Waals surface area contributed by atoms with Crippen LogP contribution in [0, 0.1) is 6.92 Å². The molecule has 2 fully saturated rings. The van der Waals surface area contributed by atoms with Gasteiger partial charge in [0.1, 0.15) is 29.5 Å². The Morgan fingerprint density at radius 2 is 0.931 bits per heavy atom. The van der Waals surface area contributed by atoms with Gasteiger partial charge in [-0.25, -0.2) is 28.8 Å². The summed E-state index contributed by atoms with van der Waals surface area (Å²) in [6.07, 6.45) is -1.48. The molecule has 0 bridgehead atoms. The molecule has 2 aliphatic heterocycles. The SMILES string of the molecule is C=CC(=O)OCCCCOC(=O)Oc1ccc(C(=O)Oc2ccc(C(=O)Oc3ccc(C(=O)O[C@H]4COC5C4OC[C@H]5OC(=O)c4ccc(C)cc4)cc3)cc2)cc1. The van der Waals surface area contributed by atoms with Crippen LogP contribution in [0.3, 0.4) is 0 Å². The van der Waals surface area contributed by atoms with E-state index in [4.69, 9.17) is 42.6 Å². The van der Waals surface area contributed by atoms with Gasteiger partial charge in [0.25, 0.3) is 0 Å². The molecule has 15 heteroatoms. The van der Waals surface area contributed by atoms with E-state index in [0.29, 0.717) is 18.4 Å². The summed E-state index contributed by atoms with van der Waals surface area (Å²) in [4.78, 5) is 73.9. The van der Waals surface area contributed by atoms with Gasteiger partial charge in [-0.1, -0.05) is 24.3 Å². The number of benzene rings is 4. The van der Waals surface area contributed by atoms with Gasteiger partial charge in [-0.05, 0) is 105 Å². The van der Waals surface area contributed by atoms with E-state index in [1.54, 1.807) is 12.1 Å². The van der Waals surface area contributed by atoms with Crippen molar-refractivity contribution in [2.75, 3.05) is 26.4 Å². The molecule has 2 aliphatic rings. The normalized spacial score (nSPS) is 17.9. The van der Waals surface area contributed by atoms with E-state index in [2.05, 4.69) is 6.58 Å². The van der Waals surface area contributed by atoms with E-state index in [9.17, 15) is 28.8 Å². The summed E-state index contributed by atoms with van der Waals surface area (Å²) in [6, 6.07) is 24.1. The fourth-order valence-corrected chi connectivity index (χ4v) is 5.76. The quantitative estimate of drug-likeness (QED) is 0.0340. The highest BCUT2D eigenvalue weighted by Gasteiger charge is 2.51. The van der Waals surface area contributed by atoms with Gasteiger partial charge in [0, 0.05) is 6.08 Å². The summed E-state index contributed by atoms with van der Waals surface area (Å²) in [7, 11) is 0. The van der Waals surface area contributed by atoms with Crippen LogP contribution in [0.15, 0.2) is 110 Å². The molecule has 300 valence electrons. The molecule has 2 heterocycles. The van der Waals surface area contributed by atoms with E-state index in [1.165, 1.54) is 72.8 Å². The number of carbonyl (C=O) groups is 6. The third-order valence-corrected chi connectivity index (χ3v) is 8.83. The highest BCUT2D eigenvalue weighted by Crippen LogP contribution is 2.32. The molecule has 0 saturated carbocycles. The molecule has 2 saturated heterocycles. The molecule has 4 aromatic rings. The van der Waals surface area contributed by atoms with Crippen LogP contribution in [0.4, 0.5) is 4.79 Å². The standard InChI is InChI=1S/C43H38O15/c1-3-36(44)50-22-4-5-23-51-43(49)56-33-20-14-29(15-21-33)40(46)54-31-16-10-28(11-17-31)39(45)55-32-18-12-30(13-19-32)42(48)58-35-25-53-37-34(24-52-38(35)37)57-41(47)27-8-6-26(2)7-9-27/h3,6-21,34-35,37-38H,1,4-5,22-25H2,2H3/t34-,35+,37?,38?/m1/s1. The third-order valence-electron chi connectivity index (χ3n) is 8.83. The molecule has 0 N–H and O–H groups in total. The number of aryl methyl sites for hydroxylation is 1. The highest BCUT2D eigenvalue weighted by atomic mass is 16.7. The topological polar surface area (TPSA) is 185 Å². The molecule has 15 nitrogen and oxygen atoms in total. The second-order valence-corrected chi connectivity index (χ2v) is 13.0. The summed E-state index contributed by atoms with van der Waals surface area (Å²) in [5.41, 5.74) is 1.97. The fraction of sp³-hybridized carbons (Fsp3) is 0.256. The van der Waals surface area contributed by atoms with Crippen molar-refractivity contribution in [3.8, 4) is 17.2 Å². The zero-order valence-corrected chi connectivity index (χ0v) is 31.2. The lowest BCUT2D eigenvalue weighted by Crippen LogP contribution is -2.36. The first kappa shape index (κ1) is 40.8. The zero-order chi connectivity index (χ0) is 41.0. The molecule has 6 rings (SSSR count). The maximum Gasteiger partial charge on any atom is 0.513 e. The van der Waals surface area contributed by atoms with Crippen molar-refractivity contribution >= 4 is 36.0 Å². The predicted molar refractivity (Wildman–Crippen MR) is 201 cm³/mol. The predicted octanol–water partition coefficient (Wildman–Crippen LogP) is 6.01. The molecule has 0 aromatic heterocycles. The molecule has 2 unspecified atom stereocenters. The lowest BCUT2D eigenvalue weighted by atomic mass is 10.1. The lowest BCUT2D eigenvalue weighted by molar-refractivity contribution is -0.137. The average Bonchev–Trinajstić information content (AvgIpc) is 3.82. The Labute approximate surface area is 332 Å². The molecule has 4 aromatic carbocycles. The Balaban J connectivity index is 0.909. The molecular weight excluding hydrogens is 756 g/mol. The minimum Gasteiger partial charge on any atom is -0.463 e. The average molecular weight is 795 g/mol. The number of unbranched alkanes of at least 4 members (excludes halogenated alkanes) is 1. The van der Waals surface area contributed by atoms with Crippen LogP contribution in [-0.2, 0) is 33.2 Å². The Kier molecular flexibility index (Phi) is 13.6. The maximum absolute atomic E-state index is 12.9. The number of carbonyl (C=O) groups excluding carboxylic acids is 6. The van der Waals surface area contributed by atoms with Crippen LogP contribution in [0.1, 0.15) is 59.8 Å². The van der Waals surface area contributed by atoms with E-state index < -0.39 is 60.4 Å². The van der Waals surface area contributed by atoms with Crippen LogP contribution < -0.4 is 14.2 Å². The van der Waals surface area contributed by atoms with Crippen molar-refractivity contribution in [1.82, 2.24) is 0 Å². The van der Waals surface area contributed by atoms with Crippen LogP contribution in [0.2, 0.25) is 0 Å². The molecule has 58 heavy (non-hydrogen) atoms. The first-order chi connectivity index (χ1) is 28.1. The van der Waals surface area contributed by atoms with E-state index in [0.717, 1.165) is 11.6 Å². The summed E-state index contributed by atoms with van der Waals surface area (Å²) < 4.78 is 48.6. The molecular formula is C43H38O15.